The number of para-hydroxylation sites is 1. The summed E-state index contributed by atoms with van der Waals surface area (Å²) >= 11 is 0. The summed E-state index contributed by atoms with van der Waals surface area (Å²) in [5, 5.41) is 13.3. The molecule has 3 aromatic rings. The van der Waals surface area contributed by atoms with Crippen molar-refractivity contribution >= 4 is 5.97 Å². The average molecular weight is 549 g/mol. The predicted molar refractivity (Wildman–Crippen MR) is 167 cm³/mol. The zero-order valence-electron chi connectivity index (χ0n) is 25.4. The Morgan fingerprint density at radius 1 is 0.925 bits per heavy atom. The van der Waals surface area contributed by atoms with Gasteiger partial charge < -0.3 is 15.0 Å². The molecule has 0 unspecified atom stereocenters. The maximum atomic E-state index is 11.6. The van der Waals surface area contributed by atoms with Crippen molar-refractivity contribution in [3.8, 4) is 17.2 Å². The van der Waals surface area contributed by atoms with Crippen molar-refractivity contribution in [2.45, 2.75) is 117 Å². The summed E-state index contributed by atoms with van der Waals surface area (Å²) in [6.45, 7) is 7.51. The molecule has 2 heterocycles. The van der Waals surface area contributed by atoms with Gasteiger partial charge in [0.15, 0.2) is 11.5 Å². The van der Waals surface area contributed by atoms with Crippen LogP contribution in [-0.2, 0) is 13.5 Å². The second-order valence-corrected chi connectivity index (χ2v) is 11.2. The van der Waals surface area contributed by atoms with Crippen LogP contribution in [-0.4, -0.2) is 37.8 Å². The third-order valence-corrected chi connectivity index (χ3v) is 8.20. The van der Waals surface area contributed by atoms with Crippen molar-refractivity contribution in [2.24, 2.45) is 7.05 Å². The number of carbonyl (C=O) groups is 1. The van der Waals surface area contributed by atoms with E-state index in [9.17, 15) is 9.90 Å². The monoisotopic (exact) mass is 548 g/mol. The highest BCUT2D eigenvalue weighted by molar-refractivity contribution is 5.88. The molecule has 4 rings (SSSR count). The molecule has 2 N–H and O–H groups in total. The number of rotatable bonds is 14. The van der Waals surface area contributed by atoms with Gasteiger partial charge in [-0.2, -0.15) is 0 Å². The van der Waals surface area contributed by atoms with E-state index in [-0.39, 0.29) is 5.69 Å². The number of imidazole rings is 1. The first-order chi connectivity index (χ1) is 19.5. The number of nitrogens with one attached hydrogen (secondary N) is 1. The van der Waals surface area contributed by atoms with Crippen LogP contribution in [0.1, 0.15) is 119 Å². The molecule has 1 saturated carbocycles. The van der Waals surface area contributed by atoms with Crippen molar-refractivity contribution in [1.29, 1.82) is 0 Å². The van der Waals surface area contributed by atoms with Crippen LogP contribution in [0.2, 0.25) is 0 Å². The van der Waals surface area contributed by atoms with Crippen LogP contribution < -0.4 is 5.32 Å². The Kier molecular flexibility index (Phi) is 13.5. The van der Waals surface area contributed by atoms with Crippen LogP contribution >= 0.6 is 0 Å². The summed E-state index contributed by atoms with van der Waals surface area (Å²) in [6, 6.07) is 14.6. The van der Waals surface area contributed by atoms with Crippen LogP contribution in [0.3, 0.4) is 0 Å². The molecule has 0 atom stereocenters. The van der Waals surface area contributed by atoms with Gasteiger partial charge in [-0.25, -0.2) is 9.78 Å². The van der Waals surface area contributed by atoms with E-state index in [1.807, 2.05) is 72.5 Å². The van der Waals surface area contributed by atoms with Gasteiger partial charge >= 0.3 is 5.97 Å². The normalized spacial score (nSPS) is 13.7. The van der Waals surface area contributed by atoms with E-state index in [0.717, 1.165) is 23.1 Å². The van der Waals surface area contributed by atoms with E-state index in [1.54, 1.807) is 0 Å². The lowest BCUT2D eigenvalue weighted by molar-refractivity contribution is 0.0690. The van der Waals surface area contributed by atoms with E-state index < -0.39 is 5.97 Å². The first-order valence-corrected chi connectivity index (χ1v) is 15.7. The maximum Gasteiger partial charge on any atom is 0.356 e. The predicted octanol–water partition coefficient (Wildman–Crippen LogP) is 8.50. The van der Waals surface area contributed by atoms with Crippen LogP contribution in [0.25, 0.3) is 17.2 Å². The van der Waals surface area contributed by atoms with Crippen LogP contribution in [0.5, 0.6) is 0 Å². The molecule has 0 bridgehead atoms. The topological polar surface area (TPSA) is 72.1 Å². The molecule has 0 radical (unpaired) electrons. The standard InChI is InChI=1S/C18H19N3O2.C16H33N/c1-4-14-16(18(22)23)19-17(15-11-10-12(2)20(15)3)21(14)13-8-6-5-7-9-13;1-2-3-4-5-6-7-8-12-15-17-16-13-10-9-11-14-16/h5-11H,4H2,1-3H3,(H,22,23);16-17H,2-15H2,1H3. The summed E-state index contributed by atoms with van der Waals surface area (Å²) in [5.74, 6) is -0.343. The number of aromatic carboxylic acids is 1. The number of carboxylic acids is 1. The van der Waals surface area contributed by atoms with Gasteiger partial charge in [0.1, 0.15) is 0 Å². The fourth-order valence-electron chi connectivity index (χ4n) is 5.69. The van der Waals surface area contributed by atoms with E-state index >= 15 is 0 Å². The fraction of sp³-hybridized carbons (Fsp3) is 0.588. The lowest BCUT2D eigenvalue weighted by Crippen LogP contribution is -2.31. The van der Waals surface area contributed by atoms with Gasteiger partial charge in [0.05, 0.1) is 11.4 Å². The van der Waals surface area contributed by atoms with Gasteiger partial charge in [-0.3, -0.25) is 4.57 Å². The third kappa shape index (κ3) is 9.09. The van der Waals surface area contributed by atoms with Gasteiger partial charge in [-0.05, 0) is 63.4 Å². The number of hydrogen-bond acceptors (Lipinski definition) is 3. The quantitative estimate of drug-likeness (QED) is 0.198. The highest BCUT2D eigenvalue weighted by Gasteiger charge is 2.24. The summed E-state index contributed by atoms with van der Waals surface area (Å²) in [7, 11) is 1.96. The molecule has 6 heteroatoms. The van der Waals surface area contributed by atoms with Gasteiger partial charge in [-0.1, -0.05) is 96.3 Å². The fourth-order valence-corrected chi connectivity index (χ4v) is 5.69. The first-order valence-electron chi connectivity index (χ1n) is 15.7. The van der Waals surface area contributed by atoms with Crippen molar-refractivity contribution in [3.05, 3.63) is 59.5 Å². The maximum absolute atomic E-state index is 11.6. The molecule has 40 heavy (non-hydrogen) atoms. The zero-order chi connectivity index (χ0) is 28.7. The molecule has 6 nitrogen and oxygen atoms in total. The molecule has 1 aromatic carbocycles. The number of benzene rings is 1. The first kappa shape index (κ1) is 31.7. The Hall–Kier alpha value is -2.86. The minimum atomic E-state index is -0.997. The van der Waals surface area contributed by atoms with Crippen LogP contribution in [0, 0.1) is 6.92 Å². The molecule has 1 aliphatic rings. The Balaban J connectivity index is 0.000000232. The van der Waals surface area contributed by atoms with Gasteiger partial charge in [-0.15, -0.1) is 0 Å². The molecule has 220 valence electrons. The van der Waals surface area contributed by atoms with E-state index in [2.05, 4.69) is 17.2 Å². The summed E-state index contributed by atoms with van der Waals surface area (Å²) in [5.41, 5.74) is 3.73. The Morgan fingerprint density at radius 2 is 1.57 bits per heavy atom. The molecular weight excluding hydrogens is 496 g/mol. The second kappa shape index (κ2) is 17.1. The SMILES string of the molecule is CCCCCCCCCCNC1CCCCC1.CCc1c(C(=O)O)nc(-c2ccc(C)n2C)n1-c1ccccc1. The van der Waals surface area contributed by atoms with E-state index in [0.29, 0.717) is 17.9 Å². The number of aryl methyl sites for hydroxylation is 1. The largest absolute Gasteiger partial charge is 0.476 e. The molecule has 0 aliphatic heterocycles. The Labute approximate surface area is 242 Å². The molecule has 1 fully saturated rings. The molecule has 0 amide bonds. The van der Waals surface area contributed by atoms with E-state index in [4.69, 9.17) is 0 Å². The van der Waals surface area contributed by atoms with Gasteiger partial charge in [0.2, 0.25) is 0 Å². The molecule has 1 aliphatic carbocycles. The Bertz CT molecular complexity index is 1140. The molecule has 0 saturated heterocycles. The molecule has 2 aromatic heterocycles. The smallest absolute Gasteiger partial charge is 0.356 e. The minimum Gasteiger partial charge on any atom is -0.476 e. The minimum absolute atomic E-state index is 0.116. The number of aromatic nitrogens is 3. The number of carboxylic acid groups (broad SMARTS) is 1. The lowest BCUT2D eigenvalue weighted by atomic mass is 9.95. The lowest BCUT2D eigenvalue weighted by Gasteiger charge is -2.22. The number of nitrogens with zero attached hydrogens (tertiary/aromatic N) is 3. The van der Waals surface area contributed by atoms with Crippen molar-refractivity contribution < 1.29 is 9.90 Å². The Morgan fingerprint density at radius 3 is 2.15 bits per heavy atom. The number of unbranched alkanes of at least 4 members (excludes halogenated alkanes) is 7. The van der Waals surface area contributed by atoms with Crippen molar-refractivity contribution in [2.75, 3.05) is 6.54 Å². The second-order valence-electron chi connectivity index (χ2n) is 11.2. The highest BCUT2D eigenvalue weighted by atomic mass is 16.4. The molecular formula is C34H52N4O2. The van der Waals surface area contributed by atoms with Crippen LogP contribution in [0.4, 0.5) is 0 Å². The van der Waals surface area contributed by atoms with Gasteiger partial charge in [0.25, 0.3) is 0 Å². The van der Waals surface area contributed by atoms with Crippen molar-refractivity contribution in [3.63, 3.8) is 0 Å². The third-order valence-electron chi connectivity index (χ3n) is 8.20. The summed E-state index contributed by atoms with van der Waals surface area (Å²) < 4.78 is 3.96. The number of hydrogen-bond donors (Lipinski definition) is 2. The molecule has 0 spiro atoms. The average Bonchev–Trinajstić information content (AvgIpc) is 3.53. The summed E-state index contributed by atoms with van der Waals surface area (Å²) in [6.07, 6.45) is 19.3. The van der Waals surface area contributed by atoms with Gasteiger partial charge in [0, 0.05) is 24.5 Å². The summed E-state index contributed by atoms with van der Waals surface area (Å²) in [4.78, 5) is 16.1. The zero-order valence-corrected chi connectivity index (χ0v) is 25.4. The highest BCUT2D eigenvalue weighted by Crippen LogP contribution is 2.28. The van der Waals surface area contributed by atoms with Crippen molar-refractivity contribution in [1.82, 2.24) is 19.4 Å². The van der Waals surface area contributed by atoms with Crippen LogP contribution in [0.15, 0.2) is 42.5 Å². The van der Waals surface area contributed by atoms with E-state index in [1.165, 1.54) is 90.0 Å².